The van der Waals surface area contributed by atoms with Gasteiger partial charge in [-0.3, -0.25) is 0 Å². The number of piperazine rings is 1. The van der Waals surface area contributed by atoms with E-state index in [1.807, 2.05) is 24.0 Å². The van der Waals surface area contributed by atoms with Crippen molar-refractivity contribution < 1.29 is 8.42 Å². The van der Waals surface area contributed by atoms with Crippen LogP contribution in [-0.2, 0) is 10.0 Å². The number of hydrogen-bond acceptors (Lipinski definition) is 5. The lowest BCUT2D eigenvalue weighted by Crippen LogP contribution is -2.49. The van der Waals surface area contributed by atoms with Crippen molar-refractivity contribution in [2.24, 2.45) is 0 Å². The van der Waals surface area contributed by atoms with Crippen LogP contribution in [0.3, 0.4) is 0 Å². The Morgan fingerprint density at radius 3 is 2.33 bits per heavy atom. The minimum absolute atomic E-state index is 0.276. The van der Waals surface area contributed by atoms with Crippen LogP contribution in [0.2, 0.25) is 5.02 Å². The molecule has 1 aromatic carbocycles. The third kappa shape index (κ3) is 3.38. The summed E-state index contributed by atoms with van der Waals surface area (Å²) in [6.45, 7) is 5.64. The predicted molar refractivity (Wildman–Crippen MR) is 93.9 cm³/mol. The van der Waals surface area contributed by atoms with Crippen molar-refractivity contribution in [2.75, 3.05) is 31.1 Å². The van der Waals surface area contributed by atoms with Crippen LogP contribution < -0.4 is 4.90 Å². The molecule has 2 aromatic rings. The molecule has 0 saturated carbocycles. The van der Waals surface area contributed by atoms with E-state index in [0.29, 0.717) is 36.8 Å². The molecule has 3 rings (SSSR count). The summed E-state index contributed by atoms with van der Waals surface area (Å²) in [5.41, 5.74) is 1.56. The first-order valence-electron chi connectivity index (χ1n) is 7.69. The first kappa shape index (κ1) is 17.1. The molecule has 0 aliphatic carbocycles. The Labute approximate surface area is 147 Å². The number of benzene rings is 1. The summed E-state index contributed by atoms with van der Waals surface area (Å²) < 4.78 is 27.2. The molecule has 0 bridgehead atoms. The maximum atomic E-state index is 12.9. The summed E-state index contributed by atoms with van der Waals surface area (Å²) in [5.74, 6) is 0.775. The van der Waals surface area contributed by atoms with Crippen LogP contribution in [0.1, 0.15) is 11.3 Å². The van der Waals surface area contributed by atoms with Crippen LogP contribution in [0.4, 0.5) is 5.82 Å². The molecule has 2 heterocycles. The number of sulfonamides is 1. The van der Waals surface area contributed by atoms with Gasteiger partial charge in [0.15, 0.2) is 5.82 Å². The van der Waals surface area contributed by atoms with Gasteiger partial charge in [-0.15, -0.1) is 5.10 Å². The first-order valence-corrected chi connectivity index (χ1v) is 9.51. The van der Waals surface area contributed by atoms with Crippen molar-refractivity contribution in [3.8, 4) is 0 Å². The number of aryl methyl sites for hydroxylation is 2. The molecule has 8 heteroatoms. The van der Waals surface area contributed by atoms with Crippen molar-refractivity contribution in [2.45, 2.75) is 18.7 Å². The van der Waals surface area contributed by atoms with Gasteiger partial charge < -0.3 is 4.90 Å². The van der Waals surface area contributed by atoms with Crippen LogP contribution >= 0.6 is 11.6 Å². The third-order valence-electron chi connectivity index (χ3n) is 4.11. The monoisotopic (exact) mass is 366 g/mol. The van der Waals surface area contributed by atoms with Crippen molar-refractivity contribution in [3.63, 3.8) is 0 Å². The molecule has 0 N–H and O–H groups in total. The lowest BCUT2D eigenvalue weighted by atomic mass is 10.2. The minimum atomic E-state index is -3.54. The zero-order valence-corrected chi connectivity index (χ0v) is 15.2. The van der Waals surface area contributed by atoms with Gasteiger partial charge in [0.25, 0.3) is 0 Å². The maximum absolute atomic E-state index is 12.9. The molecule has 24 heavy (non-hydrogen) atoms. The molecule has 0 radical (unpaired) electrons. The van der Waals surface area contributed by atoms with E-state index < -0.39 is 10.0 Å². The number of rotatable bonds is 3. The highest BCUT2D eigenvalue weighted by atomic mass is 35.5. The Kier molecular flexibility index (Phi) is 4.76. The van der Waals surface area contributed by atoms with E-state index >= 15 is 0 Å². The van der Waals surface area contributed by atoms with Crippen LogP contribution in [0.15, 0.2) is 35.2 Å². The number of nitrogens with zero attached hydrogens (tertiary/aromatic N) is 4. The van der Waals surface area contributed by atoms with E-state index in [0.717, 1.165) is 11.5 Å². The van der Waals surface area contributed by atoms with Gasteiger partial charge in [-0.05, 0) is 43.7 Å². The molecule has 0 atom stereocenters. The molecule has 128 valence electrons. The summed E-state index contributed by atoms with van der Waals surface area (Å²) >= 11 is 5.97. The number of hydrogen-bond donors (Lipinski definition) is 0. The molecular formula is C16H19ClN4O2S. The topological polar surface area (TPSA) is 66.4 Å². The van der Waals surface area contributed by atoms with Crippen LogP contribution in [0.5, 0.6) is 0 Å². The van der Waals surface area contributed by atoms with E-state index in [2.05, 4.69) is 10.2 Å². The maximum Gasteiger partial charge on any atom is 0.243 e. The lowest BCUT2D eigenvalue weighted by Gasteiger charge is -2.34. The highest BCUT2D eigenvalue weighted by Gasteiger charge is 2.30. The van der Waals surface area contributed by atoms with Crippen LogP contribution in [0.25, 0.3) is 0 Å². The average Bonchev–Trinajstić information content (AvgIpc) is 2.58. The molecule has 6 nitrogen and oxygen atoms in total. The quantitative estimate of drug-likeness (QED) is 0.833. The number of anilines is 1. The molecule has 0 spiro atoms. The number of halogens is 1. The van der Waals surface area contributed by atoms with E-state index in [-0.39, 0.29) is 4.90 Å². The Morgan fingerprint density at radius 2 is 1.71 bits per heavy atom. The molecule has 1 aromatic heterocycles. The molecule has 1 aliphatic heterocycles. The summed E-state index contributed by atoms with van der Waals surface area (Å²) in [5, 5.41) is 8.64. The summed E-state index contributed by atoms with van der Waals surface area (Å²) in [4.78, 5) is 2.32. The Morgan fingerprint density at radius 1 is 1.00 bits per heavy atom. The first-order chi connectivity index (χ1) is 11.4. The lowest BCUT2D eigenvalue weighted by molar-refractivity contribution is 0.383. The fourth-order valence-electron chi connectivity index (χ4n) is 2.71. The Bertz CT molecular complexity index is 832. The molecule has 0 amide bonds. The van der Waals surface area contributed by atoms with E-state index in [9.17, 15) is 8.42 Å². The van der Waals surface area contributed by atoms with Gasteiger partial charge in [0.2, 0.25) is 10.0 Å². The molecule has 1 aliphatic rings. The minimum Gasteiger partial charge on any atom is -0.352 e. The van der Waals surface area contributed by atoms with E-state index in [1.54, 1.807) is 19.1 Å². The van der Waals surface area contributed by atoms with Crippen molar-refractivity contribution in [1.29, 1.82) is 0 Å². The van der Waals surface area contributed by atoms with Gasteiger partial charge in [-0.2, -0.15) is 9.40 Å². The van der Waals surface area contributed by atoms with Crippen molar-refractivity contribution >= 4 is 27.4 Å². The highest BCUT2D eigenvalue weighted by molar-refractivity contribution is 7.89. The van der Waals surface area contributed by atoms with Gasteiger partial charge >= 0.3 is 0 Å². The predicted octanol–water partition coefficient (Wildman–Crippen LogP) is 2.26. The van der Waals surface area contributed by atoms with Gasteiger partial charge in [0.1, 0.15) is 0 Å². The second-order valence-corrected chi connectivity index (χ2v) is 8.18. The fourth-order valence-corrected chi connectivity index (χ4v) is 4.62. The van der Waals surface area contributed by atoms with E-state index in [1.165, 1.54) is 10.4 Å². The summed E-state index contributed by atoms with van der Waals surface area (Å²) in [6, 6.07) is 8.76. The Hall–Kier alpha value is -1.70. The SMILES string of the molecule is Cc1ccc(N2CCN(S(=O)(=O)c3cc(Cl)ccc3C)CC2)nn1. The highest BCUT2D eigenvalue weighted by Crippen LogP contribution is 2.25. The second-order valence-electron chi connectivity index (χ2n) is 5.83. The van der Waals surface area contributed by atoms with Gasteiger partial charge in [0, 0.05) is 31.2 Å². The summed E-state index contributed by atoms with van der Waals surface area (Å²) in [7, 11) is -3.54. The van der Waals surface area contributed by atoms with Crippen LogP contribution in [-0.4, -0.2) is 49.1 Å². The number of aromatic nitrogens is 2. The van der Waals surface area contributed by atoms with E-state index in [4.69, 9.17) is 11.6 Å². The molecule has 1 saturated heterocycles. The van der Waals surface area contributed by atoms with Gasteiger partial charge in [0.05, 0.1) is 10.6 Å². The second kappa shape index (κ2) is 6.66. The van der Waals surface area contributed by atoms with Crippen molar-refractivity contribution in [1.82, 2.24) is 14.5 Å². The summed E-state index contributed by atoms with van der Waals surface area (Å²) in [6.07, 6.45) is 0. The van der Waals surface area contributed by atoms with Crippen LogP contribution in [0, 0.1) is 13.8 Å². The smallest absolute Gasteiger partial charge is 0.243 e. The third-order valence-corrected chi connectivity index (χ3v) is 6.39. The zero-order valence-electron chi connectivity index (χ0n) is 13.6. The van der Waals surface area contributed by atoms with Crippen molar-refractivity contribution in [3.05, 3.63) is 46.6 Å². The molecule has 0 unspecified atom stereocenters. The van der Waals surface area contributed by atoms with Gasteiger partial charge in [-0.25, -0.2) is 8.42 Å². The average molecular weight is 367 g/mol. The standard InChI is InChI=1S/C16H19ClN4O2S/c1-12-3-5-14(17)11-15(12)24(22,23)21-9-7-20(8-10-21)16-6-4-13(2)18-19-16/h3-6,11H,7-10H2,1-2H3. The molecule has 1 fully saturated rings. The Balaban J connectivity index is 1.76. The van der Waals surface area contributed by atoms with Gasteiger partial charge in [-0.1, -0.05) is 17.7 Å². The normalized spacial score (nSPS) is 16.4. The molecular weight excluding hydrogens is 348 g/mol. The zero-order chi connectivity index (χ0) is 17.3. The largest absolute Gasteiger partial charge is 0.352 e. The fraction of sp³-hybridized carbons (Fsp3) is 0.375.